The van der Waals surface area contributed by atoms with Gasteiger partial charge in [0.25, 0.3) is 0 Å². The van der Waals surface area contributed by atoms with Crippen molar-refractivity contribution >= 4 is 17.6 Å². The van der Waals surface area contributed by atoms with Crippen LogP contribution in [0.5, 0.6) is 0 Å². The molecule has 2 heterocycles. The Morgan fingerprint density at radius 2 is 2.20 bits per heavy atom. The molecule has 1 atom stereocenters. The Kier molecular flexibility index (Phi) is 4.60. The highest BCUT2D eigenvalue weighted by atomic mass is 19.1. The van der Waals surface area contributed by atoms with Crippen LogP contribution in [0, 0.1) is 11.6 Å². The van der Waals surface area contributed by atoms with Crippen LogP contribution in [0.25, 0.3) is 0 Å². The lowest BCUT2D eigenvalue weighted by Crippen LogP contribution is -2.45. The van der Waals surface area contributed by atoms with E-state index < -0.39 is 29.6 Å². The standard InChI is InChI=1S/C17H16F2N4O2/c1-10(13-3-2-12(18)6-14(13)19)21-16(24)9-23-8-11-7-20-5-4-15(11)22-17(23)25/h2-7,10H,8-9H2,1H3,(H,21,24)(H,22,25)/t10-/m0/s1. The second-order valence-electron chi connectivity index (χ2n) is 5.77. The van der Waals surface area contributed by atoms with Crippen molar-refractivity contribution in [3.63, 3.8) is 0 Å². The molecule has 0 aliphatic carbocycles. The lowest BCUT2D eigenvalue weighted by molar-refractivity contribution is -0.122. The number of carbonyl (C=O) groups excluding carboxylic acids is 2. The molecule has 0 unspecified atom stereocenters. The molecule has 0 bridgehead atoms. The fourth-order valence-corrected chi connectivity index (χ4v) is 2.67. The van der Waals surface area contributed by atoms with Gasteiger partial charge < -0.3 is 15.5 Å². The Balaban J connectivity index is 1.63. The van der Waals surface area contributed by atoms with Crippen molar-refractivity contribution in [2.24, 2.45) is 0 Å². The average Bonchev–Trinajstić information content (AvgIpc) is 2.55. The molecule has 3 amide bonds. The summed E-state index contributed by atoms with van der Waals surface area (Å²) < 4.78 is 26.7. The summed E-state index contributed by atoms with van der Waals surface area (Å²) in [5.41, 5.74) is 1.64. The fraction of sp³-hybridized carbons (Fsp3) is 0.235. The van der Waals surface area contributed by atoms with Crippen LogP contribution in [0.2, 0.25) is 0 Å². The third-order valence-electron chi connectivity index (χ3n) is 3.93. The van der Waals surface area contributed by atoms with Crippen molar-refractivity contribution in [3.05, 3.63) is 59.4 Å². The Morgan fingerprint density at radius 1 is 1.40 bits per heavy atom. The molecule has 130 valence electrons. The van der Waals surface area contributed by atoms with Crippen LogP contribution >= 0.6 is 0 Å². The number of pyridine rings is 1. The molecule has 1 aliphatic heterocycles. The van der Waals surface area contributed by atoms with E-state index in [0.717, 1.165) is 17.7 Å². The molecule has 8 heteroatoms. The molecule has 1 aromatic carbocycles. The molecule has 0 fully saturated rings. The highest BCUT2D eigenvalue weighted by Crippen LogP contribution is 2.22. The summed E-state index contributed by atoms with van der Waals surface area (Å²) in [5.74, 6) is -1.86. The Hall–Kier alpha value is -3.03. The lowest BCUT2D eigenvalue weighted by atomic mass is 10.1. The number of anilines is 1. The molecule has 25 heavy (non-hydrogen) atoms. The number of hydrogen-bond donors (Lipinski definition) is 2. The van der Waals surface area contributed by atoms with Gasteiger partial charge in [0.05, 0.1) is 18.3 Å². The molecule has 0 saturated heterocycles. The van der Waals surface area contributed by atoms with Crippen molar-refractivity contribution in [3.8, 4) is 0 Å². The van der Waals surface area contributed by atoms with E-state index in [1.54, 1.807) is 25.4 Å². The van der Waals surface area contributed by atoms with Crippen LogP contribution in [0.4, 0.5) is 19.3 Å². The first-order chi connectivity index (χ1) is 11.9. The van der Waals surface area contributed by atoms with Crippen LogP contribution < -0.4 is 10.6 Å². The van der Waals surface area contributed by atoms with Gasteiger partial charge in [-0.25, -0.2) is 13.6 Å². The number of amides is 3. The van der Waals surface area contributed by atoms with E-state index in [1.807, 2.05) is 0 Å². The van der Waals surface area contributed by atoms with Crippen LogP contribution in [-0.2, 0) is 11.3 Å². The molecule has 0 radical (unpaired) electrons. The number of nitrogens with zero attached hydrogens (tertiary/aromatic N) is 2. The average molecular weight is 346 g/mol. The molecular weight excluding hydrogens is 330 g/mol. The topological polar surface area (TPSA) is 74.3 Å². The Bertz CT molecular complexity index is 828. The van der Waals surface area contributed by atoms with Gasteiger partial charge in [-0.3, -0.25) is 9.78 Å². The number of urea groups is 1. The third-order valence-corrected chi connectivity index (χ3v) is 3.93. The van der Waals surface area contributed by atoms with Crippen LogP contribution in [-0.4, -0.2) is 28.4 Å². The molecule has 2 N–H and O–H groups in total. The first-order valence-electron chi connectivity index (χ1n) is 7.67. The zero-order valence-corrected chi connectivity index (χ0v) is 13.4. The molecule has 2 aromatic rings. The minimum atomic E-state index is -0.733. The van der Waals surface area contributed by atoms with Gasteiger partial charge in [0.2, 0.25) is 5.91 Å². The lowest BCUT2D eigenvalue weighted by Gasteiger charge is -2.29. The van der Waals surface area contributed by atoms with Crippen LogP contribution in [0.1, 0.15) is 24.1 Å². The first kappa shape index (κ1) is 16.8. The van der Waals surface area contributed by atoms with Crippen LogP contribution in [0.15, 0.2) is 36.7 Å². The van der Waals surface area contributed by atoms with Crippen molar-refractivity contribution in [2.75, 3.05) is 11.9 Å². The van der Waals surface area contributed by atoms with E-state index in [2.05, 4.69) is 15.6 Å². The number of aromatic nitrogens is 1. The van der Waals surface area contributed by atoms with Crippen molar-refractivity contribution < 1.29 is 18.4 Å². The molecule has 1 aromatic heterocycles. The number of halogens is 2. The number of hydrogen-bond acceptors (Lipinski definition) is 3. The summed E-state index contributed by atoms with van der Waals surface area (Å²) in [6.07, 6.45) is 3.19. The number of benzene rings is 1. The van der Waals surface area contributed by atoms with E-state index in [4.69, 9.17) is 0 Å². The number of fused-ring (bicyclic) bond motifs is 1. The molecule has 0 saturated carbocycles. The van der Waals surface area contributed by atoms with E-state index in [1.165, 1.54) is 11.0 Å². The van der Waals surface area contributed by atoms with Gasteiger partial charge in [0.1, 0.15) is 18.2 Å². The van der Waals surface area contributed by atoms with Crippen molar-refractivity contribution in [1.29, 1.82) is 0 Å². The smallest absolute Gasteiger partial charge is 0.322 e. The maximum absolute atomic E-state index is 13.8. The Labute approximate surface area is 142 Å². The van der Waals surface area contributed by atoms with Gasteiger partial charge in [-0.1, -0.05) is 6.07 Å². The van der Waals surface area contributed by atoms with E-state index >= 15 is 0 Å². The Morgan fingerprint density at radius 3 is 2.96 bits per heavy atom. The summed E-state index contributed by atoms with van der Waals surface area (Å²) in [6.45, 7) is 1.65. The largest absolute Gasteiger partial charge is 0.348 e. The second-order valence-corrected chi connectivity index (χ2v) is 5.77. The normalized spacial score (nSPS) is 14.5. The van der Waals surface area contributed by atoms with E-state index in [0.29, 0.717) is 5.69 Å². The SMILES string of the molecule is C[C@H](NC(=O)CN1Cc2cnccc2NC1=O)c1ccc(F)cc1F. The summed E-state index contributed by atoms with van der Waals surface area (Å²) in [6, 6.07) is 3.81. The second kappa shape index (κ2) is 6.84. The number of rotatable bonds is 4. The quantitative estimate of drug-likeness (QED) is 0.894. The monoisotopic (exact) mass is 346 g/mol. The van der Waals surface area contributed by atoms with E-state index in [9.17, 15) is 18.4 Å². The minimum absolute atomic E-state index is 0.174. The zero-order chi connectivity index (χ0) is 18.0. The molecule has 0 spiro atoms. The zero-order valence-electron chi connectivity index (χ0n) is 13.4. The maximum Gasteiger partial charge on any atom is 0.322 e. The van der Waals surface area contributed by atoms with Gasteiger partial charge >= 0.3 is 6.03 Å². The van der Waals surface area contributed by atoms with Gasteiger partial charge in [0.15, 0.2) is 0 Å². The van der Waals surface area contributed by atoms with Gasteiger partial charge in [-0.2, -0.15) is 0 Å². The maximum atomic E-state index is 13.8. The summed E-state index contributed by atoms with van der Waals surface area (Å²) >= 11 is 0. The van der Waals surface area contributed by atoms with Gasteiger partial charge in [-0.15, -0.1) is 0 Å². The molecular formula is C17H16F2N4O2. The predicted octanol–water partition coefficient (Wildman–Crippen LogP) is 2.58. The highest BCUT2D eigenvalue weighted by Gasteiger charge is 2.25. The molecule has 6 nitrogen and oxygen atoms in total. The van der Waals surface area contributed by atoms with Crippen LogP contribution in [0.3, 0.4) is 0 Å². The van der Waals surface area contributed by atoms with Gasteiger partial charge in [0, 0.05) is 29.6 Å². The first-order valence-corrected chi connectivity index (χ1v) is 7.67. The number of nitrogens with one attached hydrogen (secondary N) is 2. The van der Waals surface area contributed by atoms with E-state index in [-0.39, 0.29) is 18.7 Å². The van der Waals surface area contributed by atoms with Crippen molar-refractivity contribution in [1.82, 2.24) is 15.2 Å². The number of carbonyl (C=O) groups is 2. The minimum Gasteiger partial charge on any atom is -0.348 e. The fourth-order valence-electron chi connectivity index (χ4n) is 2.67. The predicted molar refractivity (Wildman–Crippen MR) is 86.6 cm³/mol. The van der Waals surface area contributed by atoms with Crippen molar-refractivity contribution in [2.45, 2.75) is 19.5 Å². The molecule has 1 aliphatic rings. The summed E-state index contributed by atoms with van der Waals surface area (Å²) in [4.78, 5) is 29.6. The third kappa shape index (κ3) is 3.73. The summed E-state index contributed by atoms with van der Waals surface area (Å²) in [7, 11) is 0. The highest BCUT2D eigenvalue weighted by molar-refractivity contribution is 5.94. The molecule has 3 rings (SSSR count). The summed E-state index contributed by atoms with van der Waals surface area (Å²) in [5, 5.41) is 5.29. The van der Waals surface area contributed by atoms with Gasteiger partial charge in [-0.05, 0) is 19.1 Å².